The predicted octanol–water partition coefficient (Wildman–Crippen LogP) is 4.53. The van der Waals surface area contributed by atoms with E-state index in [9.17, 15) is 14.4 Å². The second-order valence-corrected chi connectivity index (χ2v) is 9.85. The van der Waals surface area contributed by atoms with Crippen molar-refractivity contribution < 1.29 is 23.5 Å². The molecule has 7 nitrogen and oxygen atoms in total. The maximum absolute atomic E-state index is 13.0. The van der Waals surface area contributed by atoms with Gasteiger partial charge in [0.05, 0.1) is 11.3 Å². The Hall–Kier alpha value is -2.83. The molecule has 1 aromatic carbocycles. The molecule has 0 unspecified atom stereocenters. The number of fused-ring (bicyclic) bond motifs is 3. The maximum atomic E-state index is 13.0. The van der Waals surface area contributed by atoms with Gasteiger partial charge in [-0.25, -0.2) is 9.59 Å². The van der Waals surface area contributed by atoms with Gasteiger partial charge in [0.25, 0.3) is 0 Å². The Balaban J connectivity index is 1.52. The fourth-order valence-corrected chi connectivity index (χ4v) is 4.56. The number of hydrogen-bond donors (Lipinski definition) is 0. The molecule has 0 N–H and O–H groups in total. The number of esters is 1. The summed E-state index contributed by atoms with van der Waals surface area (Å²) in [6, 6.07) is 3.66. The summed E-state index contributed by atoms with van der Waals surface area (Å²) >= 11 is 0. The Morgan fingerprint density at radius 1 is 1.06 bits per heavy atom. The van der Waals surface area contributed by atoms with Gasteiger partial charge in [0.2, 0.25) is 0 Å². The van der Waals surface area contributed by atoms with Crippen LogP contribution in [0, 0.1) is 12.8 Å². The van der Waals surface area contributed by atoms with E-state index in [1.54, 1.807) is 4.90 Å². The minimum atomic E-state index is -0.548. The van der Waals surface area contributed by atoms with E-state index in [1.165, 1.54) is 0 Å². The molecule has 0 bridgehead atoms. The number of nitrogens with zero attached hydrogens (tertiary/aromatic N) is 1. The molecule has 2 heterocycles. The average molecular weight is 442 g/mol. The van der Waals surface area contributed by atoms with Gasteiger partial charge in [-0.3, -0.25) is 4.79 Å². The van der Waals surface area contributed by atoms with Gasteiger partial charge in [0.1, 0.15) is 16.9 Å². The Bertz CT molecular complexity index is 1100. The van der Waals surface area contributed by atoms with Crippen LogP contribution < -0.4 is 10.4 Å². The van der Waals surface area contributed by atoms with Gasteiger partial charge < -0.3 is 18.8 Å². The Morgan fingerprint density at radius 3 is 2.38 bits per heavy atom. The lowest BCUT2D eigenvalue weighted by Gasteiger charge is -2.32. The maximum Gasteiger partial charge on any atom is 0.410 e. The van der Waals surface area contributed by atoms with E-state index < -0.39 is 5.60 Å². The van der Waals surface area contributed by atoms with Crippen LogP contribution in [-0.4, -0.2) is 35.7 Å². The number of carbonyl (C=O) groups is 2. The molecule has 1 amide bonds. The number of amides is 1. The normalized spacial score (nSPS) is 17.2. The summed E-state index contributed by atoms with van der Waals surface area (Å²) in [6.07, 6.45) is 4.12. The average Bonchev–Trinajstić information content (AvgIpc) is 2.72. The fourth-order valence-electron chi connectivity index (χ4n) is 4.56. The molecule has 2 aliphatic rings. The molecule has 0 radical (unpaired) electrons. The van der Waals surface area contributed by atoms with Gasteiger partial charge in [-0.2, -0.15) is 0 Å². The molecule has 1 fully saturated rings. The van der Waals surface area contributed by atoms with Crippen LogP contribution in [0.15, 0.2) is 21.3 Å². The third kappa shape index (κ3) is 4.66. The third-order valence-electron chi connectivity index (χ3n) is 6.12. The molecule has 1 aliphatic carbocycles. The number of hydrogen-bond acceptors (Lipinski definition) is 6. The van der Waals surface area contributed by atoms with Gasteiger partial charge in [0, 0.05) is 18.7 Å². The molecule has 1 saturated heterocycles. The molecule has 0 atom stereocenters. The summed E-state index contributed by atoms with van der Waals surface area (Å²) < 4.78 is 16.9. The standard InChI is InChI=1S/C25H31NO6/c1-15-13-19(21-17-7-5-6-8-18(17)23(28)31-20(21)14-15)30-22(27)16-9-11-26(12-10-16)24(29)32-25(2,3)4/h13-14,16H,5-12H2,1-4H3. The van der Waals surface area contributed by atoms with Crippen molar-refractivity contribution in [3.05, 3.63) is 39.2 Å². The zero-order valence-electron chi connectivity index (χ0n) is 19.3. The minimum absolute atomic E-state index is 0.287. The van der Waals surface area contributed by atoms with Gasteiger partial charge in [-0.15, -0.1) is 0 Å². The van der Waals surface area contributed by atoms with Crippen molar-refractivity contribution in [3.63, 3.8) is 0 Å². The lowest BCUT2D eigenvalue weighted by molar-refractivity contribution is -0.140. The second kappa shape index (κ2) is 8.60. The highest BCUT2D eigenvalue weighted by Crippen LogP contribution is 2.35. The quantitative estimate of drug-likeness (QED) is 0.387. The van der Waals surface area contributed by atoms with E-state index in [0.29, 0.717) is 49.2 Å². The van der Waals surface area contributed by atoms with Crippen LogP contribution in [0.1, 0.15) is 63.1 Å². The van der Waals surface area contributed by atoms with Crippen LogP contribution in [-0.2, 0) is 22.4 Å². The second-order valence-electron chi connectivity index (χ2n) is 9.85. The fraction of sp³-hybridized carbons (Fsp3) is 0.560. The molecule has 172 valence electrons. The highest BCUT2D eigenvalue weighted by atomic mass is 16.6. The zero-order chi connectivity index (χ0) is 23.0. The molecule has 32 heavy (non-hydrogen) atoms. The van der Waals surface area contributed by atoms with Gasteiger partial charge in [0.15, 0.2) is 0 Å². The highest BCUT2D eigenvalue weighted by molar-refractivity contribution is 5.91. The number of carbonyl (C=O) groups excluding carboxylic acids is 2. The van der Waals surface area contributed by atoms with Crippen molar-refractivity contribution in [1.29, 1.82) is 0 Å². The summed E-state index contributed by atoms with van der Waals surface area (Å²) in [5.41, 5.74) is 2.15. The number of likely N-dealkylation sites (tertiary alicyclic amines) is 1. The molecular weight excluding hydrogens is 410 g/mol. The zero-order valence-corrected chi connectivity index (χ0v) is 19.3. The Labute approximate surface area is 187 Å². The number of aryl methyl sites for hydroxylation is 2. The monoisotopic (exact) mass is 441 g/mol. The first-order valence-electron chi connectivity index (χ1n) is 11.4. The summed E-state index contributed by atoms with van der Waals surface area (Å²) in [5.74, 6) is -0.145. The van der Waals surface area contributed by atoms with E-state index in [2.05, 4.69) is 0 Å². The molecule has 1 aliphatic heterocycles. The summed E-state index contributed by atoms with van der Waals surface area (Å²) in [6.45, 7) is 8.29. The Morgan fingerprint density at radius 2 is 1.72 bits per heavy atom. The highest BCUT2D eigenvalue weighted by Gasteiger charge is 2.31. The molecule has 7 heteroatoms. The first kappa shape index (κ1) is 22.4. The molecule has 0 saturated carbocycles. The van der Waals surface area contributed by atoms with Crippen LogP contribution in [0.5, 0.6) is 5.75 Å². The first-order valence-corrected chi connectivity index (χ1v) is 11.4. The van der Waals surface area contributed by atoms with Crippen LogP contribution in [0.4, 0.5) is 4.79 Å². The summed E-state index contributed by atoms with van der Waals surface area (Å²) in [4.78, 5) is 39.4. The largest absolute Gasteiger partial charge is 0.444 e. The van der Waals surface area contributed by atoms with Crippen molar-refractivity contribution >= 4 is 23.0 Å². The molecular formula is C25H31NO6. The number of rotatable bonds is 2. The van der Waals surface area contributed by atoms with Gasteiger partial charge in [-0.05, 0) is 89.5 Å². The van der Waals surface area contributed by atoms with Crippen molar-refractivity contribution in [2.75, 3.05) is 13.1 Å². The van der Waals surface area contributed by atoms with Crippen LogP contribution in [0.3, 0.4) is 0 Å². The number of ether oxygens (including phenoxy) is 2. The molecule has 2 aromatic rings. The predicted molar refractivity (Wildman–Crippen MR) is 120 cm³/mol. The van der Waals surface area contributed by atoms with Crippen LogP contribution >= 0.6 is 0 Å². The van der Waals surface area contributed by atoms with E-state index in [0.717, 1.165) is 35.8 Å². The van der Waals surface area contributed by atoms with Crippen molar-refractivity contribution in [3.8, 4) is 5.75 Å². The van der Waals surface area contributed by atoms with Crippen molar-refractivity contribution in [1.82, 2.24) is 4.90 Å². The lowest BCUT2D eigenvalue weighted by atomic mass is 9.90. The molecule has 4 rings (SSSR count). The number of benzene rings is 1. The molecule has 1 aromatic heterocycles. The topological polar surface area (TPSA) is 86.0 Å². The van der Waals surface area contributed by atoms with Crippen LogP contribution in [0.2, 0.25) is 0 Å². The smallest absolute Gasteiger partial charge is 0.410 e. The van der Waals surface area contributed by atoms with E-state index in [-0.39, 0.29) is 23.6 Å². The van der Waals surface area contributed by atoms with Crippen LogP contribution in [0.25, 0.3) is 11.0 Å². The van der Waals surface area contributed by atoms with E-state index >= 15 is 0 Å². The number of piperidine rings is 1. The van der Waals surface area contributed by atoms with Gasteiger partial charge in [-0.1, -0.05) is 0 Å². The SMILES string of the molecule is Cc1cc(OC(=O)C2CCN(C(=O)OC(C)(C)C)CC2)c2c3c(c(=O)oc2c1)CCCC3. The van der Waals surface area contributed by atoms with Gasteiger partial charge >= 0.3 is 17.7 Å². The first-order chi connectivity index (χ1) is 15.1. The summed E-state index contributed by atoms with van der Waals surface area (Å²) in [7, 11) is 0. The summed E-state index contributed by atoms with van der Waals surface area (Å²) in [5, 5.41) is 0.740. The lowest BCUT2D eigenvalue weighted by Crippen LogP contribution is -2.43. The molecule has 0 spiro atoms. The van der Waals surface area contributed by atoms with E-state index in [4.69, 9.17) is 13.9 Å². The van der Waals surface area contributed by atoms with Crippen molar-refractivity contribution in [2.24, 2.45) is 5.92 Å². The minimum Gasteiger partial charge on any atom is -0.444 e. The van der Waals surface area contributed by atoms with Crippen molar-refractivity contribution in [2.45, 2.75) is 71.8 Å². The third-order valence-corrected chi connectivity index (χ3v) is 6.12. The Kier molecular flexibility index (Phi) is 6.01. The van der Waals surface area contributed by atoms with E-state index in [1.807, 2.05) is 39.8 Å².